The van der Waals surface area contributed by atoms with E-state index in [1.165, 1.54) is 4.88 Å². The Morgan fingerprint density at radius 3 is 3.00 bits per heavy atom. The molecule has 1 aromatic heterocycles. The molecule has 0 unspecified atom stereocenters. The highest BCUT2D eigenvalue weighted by Crippen LogP contribution is 2.17. The number of hydrogen-bond donors (Lipinski definition) is 2. The maximum Gasteiger partial charge on any atom is 0.317 e. The maximum atomic E-state index is 12.2. The fraction of sp³-hybridized carbons (Fsp3) is 0.643. The summed E-state index contributed by atoms with van der Waals surface area (Å²) in [5, 5.41) is 6.46. The van der Waals surface area contributed by atoms with Crippen molar-refractivity contribution in [2.45, 2.75) is 32.7 Å². The lowest BCUT2D eigenvalue weighted by Gasteiger charge is -2.31. The summed E-state index contributed by atoms with van der Waals surface area (Å²) in [6.45, 7) is 3.73. The highest BCUT2D eigenvalue weighted by atomic mass is 32.1. The minimum atomic E-state index is -0.114. The lowest BCUT2D eigenvalue weighted by Crippen LogP contribution is -2.48. The van der Waals surface area contributed by atoms with Crippen LogP contribution >= 0.6 is 11.3 Å². The third-order valence-electron chi connectivity index (χ3n) is 3.67. The average molecular weight is 310 g/mol. The van der Waals surface area contributed by atoms with Crippen molar-refractivity contribution >= 4 is 23.3 Å². The van der Waals surface area contributed by atoms with Gasteiger partial charge in [0.1, 0.15) is 5.01 Å². The van der Waals surface area contributed by atoms with Crippen LogP contribution in [0.2, 0.25) is 0 Å². The smallest absolute Gasteiger partial charge is 0.317 e. The van der Waals surface area contributed by atoms with Crippen LogP contribution in [0.15, 0.2) is 6.20 Å². The molecule has 1 aromatic rings. The SMILES string of the molecule is CCc1cnc(CNC(=O)N2CCC[C@@H](C(=O)NC)C2)s1. The molecule has 1 saturated heterocycles. The molecule has 2 rings (SSSR count). The molecule has 0 bridgehead atoms. The van der Waals surface area contributed by atoms with Gasteiger partial charge in [-0.3, -0.25) is 4.79 Å². The first-order valence-corrected chi connectivity index (χ1v) is 8.13. The summed E-state index contributed by atoms with van der Waals surface area (Å²) in [7, 11) is 1.63. The monoisotopic (exact) mass is 310 g/mol. The van der Waals surface area contributed by atoms with Crippen molar-refractivity contribution in [3.05, 3.63) is 16.1 Å². The van der Waals surface area contributed by atoms with Gasteiger partial charge in [-0.15, -0.1) is 11.3 Å². The van der Waals surface area contributed by atoms with Gasteiger partial charge in [0, 0.05) is 31.2 Å². The quantitative estimate of drug-likeness (QED) is 0.882. The summed E-state index contributed by atoms with van der Waals surface area (Å²) >= 11 is 1.62. The van der Waals surface area contributed by atoms with Crippen LogP contribution in [0, 0.1) is 5.92 Å². The van der Waals surface area contributed by atoms with E-state index in [2.05, 4.69) is 22.5 Å². The molecule has 7 heteroatoms. The molecular weight excluding hydrogens is 288 g/mol. The van der Waals surface area contributed by atoms with Gasteiger partial charge in [0.2, 0.25) is 5.91 Å². The van der Waals surface area contributed by atoms with Gasteiger partial charge in [0.05, 0.1) is 12.5 Å². The second-order valence-corrected chi connectivity index (χ2v) is 6.33. The maximum absolute atomic E-state index is 12.2. The Kier molecular flexibility index (Phi) is 5.55. The number of rotatable bonds is 4. The van der Waals surface area contributed by atoms with E-state index in [4.69, 9.17) is 0 Å². The summed E-state index contributed by atoms with van der Waals surface area (Å²) < 4.78 is 0. The molecule has 3 amide bonds. The van der Waals surface area contributed by atoms with Crippen LogP contribution in [-0.2, 0) is 17.8 Å². The second kappa shape index (κ2) is 7.40. The molecule has 0 aliphatic carbocycles. The standard InChI is InChI=1S/C14H22N4O2S/c1-3-11-7-16-12(21-11)8-17-14(20)18-6-4-5-10(9-18)13(19)15-2/h7,10H,3-6,8-9H2,1-2H3,(H,15,19)(H,17,20)/t10-/m1/s1. The van der Waals surface area contributed by atoms with Gasteiger partial charge < -0.3 is 15.5 Å². The number of aryl methyl sites for hydroxylation is 1. The number of aromatic nitrogens is 1. The molecule has 1 fully saturated rings. The summed E-state index contributed by atoms with van der Waals surface area (Å²) in [6, 6.07) is -0.114. The molecule has 1 aliphatic rings. The number of urea groups is 1. The molecular formula is C14H22N4O2S. The molecule has 2 N–H and O–H groups in total. The van der Waals surface area contributed by atoms with Crippen LogP contribution < -0.4 is 10.6 Å². The van der Waals surface area contributed by atoms with E-state index in [0.717, 1.165) is 24.3 Å². The molecule has 0 aromatic carbocycles. The Hall–Kier alpha value is -1.63. The Morgan fingerprint density at radius 2 is 2.33 bits per heavy atom. The summed E-state index contributed by atoms with van der Waals surface area (Å²) in [5.74, 6) is -0.0823. The molecule has 2 heterocycles. The number of likely N-dealkylation sites (tertiary alicyclic amines) is 1. The topological polar surface area (TPSA) is 74.3 Å². The number of nitrogens with one attached hydrogen (secondary N) is 2. The van der Waals surface area contributed by atoms with Gasteiger partial charge in [-0.25, -0.2) is 9.78 Å². The fourth-order valence-electron chi connectivity index (χ4n) is 2.44. The van der Waals surface area contributed by atoms with Crippen molar-refractivity contribution in [3.63, 3.8) is 0 Å². The van der Waals surface area contributed by atoms with Crippen molar-refractivity contribution < 1.29 is 9.59 Å². The minimum Gasteiger partial charge on any atom is -0.359 e. The Balaban J connectivity index is 1.83. The van der Waals surface area contributed by atoms with Crippen LogP contribution in [-0.4, -0.2) is 42.0 Å². The first kappa shape index (κ1) is 15.8. The molecule has 0 spiro atoms. The molecule has 21 heavy (non-hydrogen) atoms. The van der Waals surface area contributed by atoms with Gasteiger partial charge in [-0.05, 0) is 19.3 Å². The van der Waals surface area contributed by atoms with E-state index in [-0.39, 0.29) is 17.9 Å². The highest BCUT2D eigenvalue weighted by Gasteiger charge is 2.27. The molecule has 1 atom stereocenters. The predicted molar refractivity (Wildman–Crippen MR) is 82.1 cm³/mol. The molecule has 0 radical (unpaired) electrons. The Morgan fingerprint density at radius 1 is 1.52 bits per heavy atom. The summed E-state index contributed by atoms with van der Waals surface area (Å²) in [5.41, 5.74) is 0. The van der Waals surface area contributed by atoms with Gasteiger partial charge >= 0.3 is 6.03 Å². The van der Waals surface area contributed by atoms with E-state index < -0.39 is 0 Å². The normalized spacial score (nSPS) is 18.4. The van der Waals surface area contributed by atoms with Crippen molar-refractivity contribution in [2.75, 3.05) is 20.1 Å². The van der Waals surface area contributed by atoms with Crippen LogP contribution in [0.3, 0.4) is 0 Å². The van der Waals surface area contributed by atoms with Crippen LogP contribution in [0.25, 0.3) is 0 Å². The number of hydrogen-bond acceptors (Lipinski definition) is 4. The number of thiazole rings is 1. The number of nitrogens with zero attached hydrogens (tertiary/aromatic N) is 2. The van der Waals surface area contributed by atoms with E-state index >= 15 is 0 Å². The van der Waals surface area contributed by atoms with Gasteiger partial charge in [0.25, 0.3) is 0 Å². The van der Waals surface area contributed by atoms with Crippen LogP contribution in [0.1, 0.15) is 29.7 Å². The van der Waals surface area contributed by atoms with Crippen molar-refractivity contribution in [3.8, 4) is 0 Å². The number of piperidine rings is 1. The predicted octanol–water partition coefficient (Wildman–Crippen LogP) is 1.37. The summed E-state index contributed by atoms with van der Waals surface area (Å²) in [4.78, 5) is 31.1. The summed E-state index contributed by atoms with van der Waals surface area (Å²) in [6.07, 6.45) is 4.53. The van der Waals surface area contributed by atoms with E-state index in [0.29, 0.717) is 19.6 Å². The minimum absolute atomic E-state index is 0.0139. The zero-order valence-corrected chi connectivity index (χ0v) is 13.3. The first-order valence-electron chi connectivity index (χ1n) is 7.32. The molecule has 0 saturated carbocycles. The Bertz CT molecular complexity index is 503. The van der Waals surface area contributed by atoms with Gasteiger partial charge in [0.15, 0.2) is 0 Å². The van der Waals surface area contributed by atoms with Gasteiger partial charge in [-0.2, -0.15) is 0 Å². The largest absolute Gasteiger partial charge is 0.359 e. The molecule has 6 nitrogen and oxygen atoms in total. The highest BCUT2D eigenvalue weighted by molar-refractivity contribution is 7.11. The van der Waals surface area contributed by atoms with Gasteiger partial charge in [-0.1, -0.05) is 6.92 Å². The third-order valence-corrected chi connectivity index (χ3v) is 4.81. The second-order valence-electron chi connectivity index (χ2n) is 5.13. The average Bonchev–Trinajstić information content (AvgIpc) is 3.00. The lowest BCUT2D eigenvalue weighted by molar-refractivity contribution is -0.125. The van der Waals surface area contributed by atoms with Crippen molar-refractivity contribution in [1.82, 2.24) is 20.5 Å². The van der Waals surface area contributed by atoms with Crippen LogP contribution in [0.5, 0.6) is 0 Å². The zero-order chi connectivity index (χ0) is 15.2. The van der Waals surface area contributed by atoms with Crippen molar-refractivity contribution in [2.24, 2.45) is 5.92 Å². The first-order chi connectivity index (χ1) is 10.1. The zero-order valence-electron chi connectivity index (χ0n) is 12.5. The number of carbonyl (C=O) groups excluding carboxylic acids is 2. The fourth-order valence-corrected chi connectivity index (χ4v) is 3.24. The van der Waals surface area contributed by atoms with E-state index in [1.54, 1.807) is 23.3 Å². The number of carbonyl (C=O) groups is 2. The van der Waals surface area contributed by atoms with E-state index in [9.17, 15) is 9.59 Å². The lowest BCUT2D eigenvalue weighted by atomic mass is 9.97. The van der Waals surface area contributed by atoms with E-state index in [1.807, 2.05) is 6.20 Å². The Labute approximate surface area is 128 Å². The molecule has 1 aliphatic heterocycles. The van der Waals surface area contributed by atoms with Crippen molar-refractivity contribution in [1.29, 1.82) is 0 Å². The third kappa shape index (κ3) is 4.17. The van der Waals surface area contributed by atoms with Crippen LogP contribution in [0.4, 0.5) is 4.79 Å². The number of amides is 3. The molecule has 116 valence electrons.